The first-order valence-electron chi connectivity index (χ1n) is 5.99. The Balaban J connectivity index is 2.57. The van der Waals surface area contributed by atoms with Crippen LogP contribution in [0.1, 0.15) is 22.7 Å². The van der Waals surface area contributed by atoms with Crippen molar-refractivity contribution in [1.82, 2.24) is 0 Å². The zero-order valence-corrected chi connectivity index (χ0v) is 12.7. The molecule has 1 atom stereocenters. The zero-order chi connectivity index (χ0) is 14.9. The van der Waals surface area contributed by atoms with Gasteiger partial charge in [0.15, 0.2) is 0 Å². The molecule has 0 radical (unpaired) electrons. The number of hydrogen-bond acceptors (Lipinski definition) is 2. The Morgan fingerprint density at radius 2 is 1.90 bits per heavy atom. The largest absolute Gasteiger partial charge is 0.497 e. The van der Waals surface area contributed by atoms with Crippen molar-refractivity contribution in [3.63, 3.8) is 0 Å². The lowest BCUT2D eigenvalue weighted by Gasteiger charge is -2.17. The quantitative estimate of drug-likeness (QED) is 0.912. The second kappa shape index (κ2) is 5.89. The van der Waals surface area contributed by atoms with Crippen LogP contribution in [-0.4, -0.2) is 7.11 Å². The van der Waals surface area contributed by atoms with E-state index >= 15 is 0 Å². The van der Waals surface area contributed by atoms with Gasteiger partial charge in [-0.15, -0.1) is 0 Å². The molecule has 0 heterocycles. The van der Waals surface area contributed by atoms with Crippen LogP contribution in [0, 0.1) is 18.6 Å². The molecular weight excluding hydrogens is 328 g/mol. The van der Waals surface area contributed by atoms with Crippen LogP contribution in [0.2, 0.25) is 0 Å². The van der Waals surface area contributed by atoms with E-state index in [1.807, 2.05) is 0 Å². The lowest BCUT2D eigenvalue weighted by atomic mass is 9.96. The number of hydrogen-bond donors (Lipinski definition) is 1. The van der Waals surface area contributed by atoms with Crippen LogP contribution >= 0.6 is 15.9 Å². The minimum absolute atomic E-state index is 0.140. The highest BCUT2D eigenvalue weighted by Crippen LogP contribution is 2.33. The van der Waals surface area contributed by atoms with Crippen molar-refractivity contribution in [3.05, 3.63) is 63.1 Å². The van der Waals surface area contributed by atoms with Crippen LogP contribution in [0.25, 0.3) is 0 Å². The Morgan fingerprint density at radius 3 is 2.55 bits per heavy atom. The summed E-state index contributed by atoms with van der Waals surface area (Å²) < 4.78 is 33.8. The fraction of sp³-hybridized carbons (Fsp3) is 0.200. The van der Waals surface area contributed by atoms with Crippen molar-refractivity contribution < 1.29 is 13.5 Å². The van der Waals surface area contributed by atoms with Crippen LogP contribution in [0.15, 0.2) is 34.8 Å². The molecule has 2 nitrogen and oxygen atoms in total. The Bertz CT molecular complexity index is 646. The second-order valence-corrected chi connectivity index (χ2v) is 5.31. The lowest BCUT2D eigenvalue weighted by Crippen LogP contribution is -2.17. The average Bonchev–Trinajstić information content (AvgIpc) is 2.43. The third kappa shape index (κ3) is 2.69. The topological polar surface area (TPSA) is 35.2 Å². The number of nitrogens with two attached hydrogens (primary N) is 1. The first-order valence-corrected chi connectivity index (χ1v) is 6.78. The number of halogens is 3. The molecule has 0 bridgehead atoms. The summed E-state index contributed by atoms with van der Waals surface area (Å²) in [7, 11) is 1.52. The molecule has 0 saturated carbocycles. The van der Waals surface area contributed by atoms with Gasteiger partial charge < -0.3 is 10.5 Å². The van der Waals surface area contributed by atoms with Gasteiger partial charge in [-0.2, -0.15) is 0 Å². The van der Waals surface area contributed by atoms with Gasteiger partial charge in [0.05, 0.1) is 13.2 Å². The van der Waals surface area contributed by atoms with Gasteiger partial charge in [-0.05, 0) is 42.3 Å². The van der Waals surface area contributed by atoms with Gasteiger partial charge in [-0.3, -0.25) is 0 Å². The number of methoxy groups -OCH3 is 1. The van der Waals surface area contributed by atoms with Crippen molar-refractivity contribution in [2.24, 2.45) is 5.73 Å². The monoisotopic (exact) mass is 341 g/mol. The van der Waals surface area contributed by atoms with Crippen LogP contribution in [-0.2, 0) is 0 Å². The van der Waals surface area contributed by atoms with Crippen molar-refractivity contribution in [2.75, 3.05) is 7.11 Å². The van der Waals surface area contributed by atoms with E-state index in [1.165, 1.54) is 19.2 Å². The minimum Gasteiger partial charge on any atom is -0.497 e. The molecule has 0 aliphatic rings. The van der Waals surface area contributed by atoms with Crippen molar-refractivity contribution in [3.8, 4) is 5.75 Å². The van der Waals surface area contributed by atoms with Gasteiger partial charge in [0.1, 0.15) is 17.4 Å². The third-order valence-electron chi connectivity index (χ3n) is 3.17. The fourth-order valence-electron chi connectivity index (χ4n) is 2.01. The van der Waals surface area contributed by atoms with Crippen LogP contribution in [0.4, 0.5) is 8.78 Å². The lowest BCUT2D eigenvalue weighted by molar-refractivity contribution is 0.413. The van der Waals surface area contributed by atoms with E-state index in [2.05, 4.69) is 15.9 Å². The van der Waals surface area contributed by atoms with Gasteiger partial charge in [0.2, 0.25) is 0 Å². The Hall–Kier alpha value is -1.46. The highest BCUT2D eigenvalue weighted by Gasteiger charge is 2.22. The normalized spacial score (nSPS) is 12.3. The van der Waals surface area contributed by atoms with E-state index in [4.69, 9.17) is 10.5 Å². The van der Waals surface area contributed by atoms with E-state index in [-0.39, 0.29) is 5.56 Å². The highest BCUT2D eigenvalue weighted by atomic mass is 79.9. The molecule has 0 spiro atoms. The fourth-order valence-corrected chi connectivity index (χ4v) is 2.50. The first-order chi connectivity index (χ1) is 9.45. The Morgan fingerprint density at radius 1 is 1.20 bits per heavy atom. The molecule has 2 rings (SSSR count). The molecule has 2 aromatic rings. The Labute approximate surface area is 124 Å². The minimum atomic E-state index is -0.917. The molecule has 0 amide bonds. The van der Waals surface area contributed by atoms with Crippen LogP contribution < -0.4 is 10.5 Å². The van der Waals surface area contributed by atoms with E-state index in [9.17, 15) is 8.78 Å². The van der Waals surface area contributed by atoms with Crippen molar-refractivity contribution in [1.29, 1.82) is 0 Å². The predicted molar refractivity (Wildman–Crippen MR) is 77.8 cm³/mol. The van der Waals surface area contributed by atoms with Gasteiger partial charge >= 0.3 is 0 Å². The molecule has 2 aromatic carbocycles. The van der Waals surface area contributed by atoms with Gasteiger partial charge in [0, 0.05) is 10.0 Å². The molecule has 2 N–H and O–H groups in total. The molecule has 1 unspecified atom stereocenters. The summed E-state index contributed by atoms with van der Waals surface area (Å²) in [5.74, 6) is -0.699. The second-order valence-electron chi connectivity index (χ2n) is 4.46. The van der Waals surface area contributed by atoms with Gasteiger partial charge in [-0.25, -0.2) is 8.78 Å². The number of benzene rings is 2. The van der Waals surface area contributed by atoms with Crippen LogP contribution in [0.3, 0.4) is 0 Å². The summed E-state index contributed by atoms with van der Waals surface area (Å²) in [5, 5.41) is 0. The standard InChI is InChI=1S/C15H14BrF2NO/c1-8-3-6-12(17)13(14(8)18)15(19)10-7-9(20-2)4-5-11(10)16/h3-7,15H,19H2,1-2H3. The Kier molecular flexibility index (Phi) is 4.40. The third-order valence-corrected chi connectivity index (χ3v) is 3.89. The van der Waals surface area contributed by atoms with Gasteiger partial charge in [-0.1, -0.05) is 22.0 Å². The molecule has 5 heteroatoms. The molecule has 0 aliphatic carbocycles. The highest BCUT2D eigenvalue weighted by molar-refractivity contribution is 9.10. The molecule has 0 fully saturated rings. The van der Waals surface area contributed by atoms with E-state index in [0.29, 0.717) is 21.3 Å². The van der Waals surface area contributed by atoms with E-state index < -0.39 is 17.7 Å². The number of rotatable bonds is 3. The summed E-state index contributed by atoms with van der Waals surface area (Å²) in [6.45, 7) is 1.58. The number of ether oxygens (including phenoxy) is 1. The first kappa shape index (κ1) is 14.9. The van der Waals surface area contributed by atoms with Crippen molar-refractivity contribution in [2.45, 2.75) is 13.0 Å². The number of aryl methyl sites for hydroxylation is 1. The molecule has 106 valence electrons. The summed E-state index contributed by atoms with van der Waals surface area (Å²) in [6.07, 6.45) is 0. The smallest absolute Gasteiger partial charge is 0.134 e. The summed E-state index contributed by atoms with van der Waals surface area (Å²) in [5.41, 5.74) is 6.83. The predicted octanol–water partition coefficient (Wildman–Crippen LogP) is 4.09. The molecule has 0 saturated heterocycles. The zero-order valence-electron chi connectivity index (χ0n) is 11.1. The molecule has 20 heavy (non-hydrogen) atoms. The summed E-state index contributed by atoms with van der Waals surface area (Å²) in [6, 6.07) is 6.83. The van der Waals surface area contributed by atoms with E-state index in [1.54, 1.807) is 25.1 Å². The van der Waals surface area contributed by atoms with Crippen molar-refractivity contribution >= 4 is 15.9 Å². The maximum atomic E-state index is 14.1. The molecular formula is C15H14BrF2NO. The summed E-state index contributed by atoms with van der Waals surface area (Å²) in [4.78, 5) is 0. The van der Waals surface area contributed by atoms with Crippen LogP contribution in [0.5, 0.6) is 5.75 Å². The maximum Gasteiger partial charge on any atom is 0.134 e. The molecule has 0 aromatic heterocycles. The summed E-state index contributed by atoms with van der Waals surface area (Å²) >= 11 is 3.34. The van der Waals surface area contributed by atoms with Gasteiger partial charge in [0.25, 0.3) is 0 Å². The average molecular weight is 342 g/mol. The van der Waals surface area contributed by atoms with E-state index in [0.717, 1.165) is 0 Å². The molecule has 0 aliphatic heterocycles. The maximum absolute atomic E-state index is 14.1. The SMILES string of the molecule is COc1ccc(Br)c(C(N)c2c(F)ccc(C)c2F)c1.